The van der Waals surface area contributed by atoms with E-state index in [0.29, 0.717) is 11.3 Å². The summed E-state index contributed by atoms with van der Waals surface area (Å²) in [6, 6.07) is 2.84. The van der Waals surface area contributed by atoms with Crippen LogP contribution in [-0.4, -0.2) is 18.2 Å². The van der Waals surface area contributed by atoms with Crippen molar-refractivity contribution >= 4 is 23.3 Å². The van der Waals surface area contributed by atoms with Crippen molar-refractivity contribution in [3.8, 4) is 0 Å². The van der Waals surface area contributed by atoms with E-state index in [-0.39, 0.29) is 17.2 Å². The van der Waals surface area contributed by atoms with Gasteiger partial charge in [0.25, 0.3) is 0 Å². The minimum Gasteiger partial charge on any atom is -0.478 e. The highest BCUT2D eigenvalue weighted by Crippen LogP contribution is 2.24. The van der Waals surface area contributed by atoms with E-state index < -0.39 is 5.97 Å². The van der Waals surface area contributed by atoms with Crippen LogP contribution in [0.25, 0.3) is 0 Å². The number of benzene rings is 1. The molecule has 0 atom stereocenters. The molecular formula is C9H10ClNO3. The number of nitrogen functional groups attached to an aromatic ring is 1. The van der Waals surface area contributed by atoms with Crippen molar-refractivity contribution in [1.29, 1.82) is 0 Å². The zero-order valence-electron chi connectivity index (χ0n) is 7.58. The van der Waals surface area contributed by atoms with E-state index in [1.54, 1.807) is 0 Å². The molecule has 0 unspecified atom stereocenters. The van der Waals surface area contributed by atoms with Crippen LogP contribution in [0.3, 0.4) is 0 Å². The van der Waals surface area contributed by atoms with Gasteiger partial charge in [-0.15, -0.1) is 0 Å². The quantitative estimate of drug-likeness (QED) is 0.754. The van der Waals surface area contributed by atoms with Gasteiger partial charge in [0.05, 0.1) is 22.9 Å². The Bertz CT molecular complexity index is 365. The number of methoxy groups -OCH3 is 1. The molecule has 0 heterocycles. The second-order valence-electron chi connectivity index (χ2n) is 2.77. The lowest BCUT2D eigenvalue weighted by molar-refractivity contribution is 0.0692. The average Bonchev–Trinajstić information content (AvgIpc) is 2.11. The first-order valence-corrected chi connectivity index (χ1v) is 4.24. The summed E-state index contributed by atoms with van der Waals surface area (Å²) in [5.74, 6) is -1.04. The third kappa shape index (κ3) is 2.16. The Hall–Kier alpha value is -1.26. The SMILES string of the molecule is COCc1cc(N)c(Cl)cc1C(=O)O. The molecule has 0 fully saturated rings. The standard InChI is InChI=1S/C9H10ClNO3/c1-14-4-5-2-8(11)7(10)3-6(5)9(12)13/h2-3H,4,11H2,1H3,(H,12,13). The minimum absolute atomic E-state index is 0.117. The molecule has 5 heteroatoms. The van der Waals surface area contributed by atoms with Crippen LogP contribution >= 0.6 is 11.6 Å². The lowest BCUT2D eigenvalue weighted by atomic mass is 10.1. The number of rotatable bonds is 3. The topological polar surface area (TPSA) is 72.5 Å². The molecule has 0 bridgehead atoms. The summed E-state index contributed by atoms with van der Waals surface area (Å²) in [5.41, 5.74) is 6.52. The fourth-order valence-corrected chi connectivity index (χ4v) is 1.27. The van der Waals surface area contributed by atoms with E-state index in [1.807, 2.05) is 0 Å². The van der Waals surface area contributed by atoms with E-state index in [2.05, 4.69) is 0 Å². The summed E-state index contributed by atoms with van der Waals surface area (Å²) in [6.07, 6.45) is 0. The molecule has 1 rings (SSSR count). The number of ether oxygens (including phenoxy) is 1. The highest BCUT2D eigenvalue weighted by atomic mass is 35.5. The van der Waals surface area contributed by atoms with Gasteiger partial charge in [0.1, 0.15) is 0 Å². The lowest BCUT2D eigenvalue weighted by Gasteiger charge is -2.07. The van der Waals surface area contributed by atoms with Crippen molar-refractivity contribution in [3.05, 3.63) is 28.3 Å². The summed E-state index contributed by atoms with van der Waals surface area (Å²) < 4.78 is 4.85. The van der Waals surface area contributed by atoms with Crippen LogP contribution in [0.4, 0.5) is 5.69 Å². The molecule has 0 aliphatic carbocycles. The van der Waals surface area contributed by atoms with E-state index in [1.165, 1.54) is 19.2 Å². The third-order valence-corrected chi connectivity index (χ3v) is 2.08. The summed E-state index contributed by atoms with van der Waals surface area (Å²) in [6.45, 7) is 0.197. The number of nitrogens with two attached hydrogens (primary N) is 1. The normalized spacial score (nSPS) is 10.1. The molecule has 4 nitrogen and oxygen atoms in total. The predicted molar refractivity (Wildman–Crippen MR) is 53.5 cm³/mol. The number of hydrogen-bond acceptors (Lipinski definition) is 3. The van der Waals surface area contributed by atoms with Crippen LogP contribution in [0.2, 0.25) is 5.02 Å². The van der Waals surface area contributed by atoms with Crippen molar-refractivity contribution in [2.24, 2.45) is 0 Å². The van der Waals surface area contributed by atoms with Gasteiger partial charge in [0, 0.05) is 7.11 Å². The van der Waals surface area contributed by atoms with Crippen molar-refractivity contribution in [2.75, 3.05) is 12.8 Å². The van der Waals surface area contributed by atoms with Gasteiger partial charge in [0.2, 0.25) is 0 Å². The molecule has 0 amide bonds. The maximum atomic E-state index is 10.8. The molecule has 1 aromatic rings. The predicted octanol–water partition coefficient (Wildman–Crippen LogP) is 1.77. The fraction of sp³-hybridized carbons (Fsp3) is 0.222. The second-order valence-corrected chi connectivity index (χ2v) is 3.18. The summed E-state index contributed by atoms with van der Waals surface area (Å²) in [5, 5.41) is 9.09. The summed E-state index contributed by atoms with van der Waals surface area (Å²) in [7, 11) is 1.48. The molecule has 0 aliphatic heterocycles. The van der Waals surface area contributed by atoms with Gasteiger partial charge in [-0.3, -0.25) is 0 Å². The van der Waals surface area contributed by atoms with Crippen LogP contribution < -0.4 is 5.73 Å². The van der Waals surface area contributed by atoms with Crippen molar-refractivity contribution in [2.45, 2.75) is 6.61 Å². The number of hydrogen-bond donors (Lipinski definition) is 2. The maximum absolute atomic E-state index is 10.8. The highest BCUT2D eigenvalue weighted by molar-refractivity contribution is 6.33. The van der Waals surface area contributed by atoms with Gasteiger partial charge in [-0.05, 0) is 17.7 Å². The zero-order chi connectivity index (χ0) is 10.7. The number of carboxylic acid groups (broad SMARTS) is 1. The fourth-order valence-electron chi connectivity index (χ4n) is 1.11. The van der Waals surface area contributed by atoms with E-state index >= 15 is 0 Å². The average molecular weight is 216 g/mol. The van der Waals surface area contributed by atoms with Gasteiger partial charge in [-0.1, -0.05) is 11.6 Å². The van der Waals surface area contributed by atoms with Gasteiger partial charge in [0.15, 0.2) is 0 Å². The molecular weight excluding hydrogens is 206 g/mol. The summed E-state index contributed by atoms with van der Waals surface area (Å²) >= 11 is 5.70. The van der Waals surface area contributed by atoms with Crippen LogP contribution in [0.1, 0.15) is 15.9 Å². The molecule has 0 radical (unpaired) electrons. The zero-order valence-corrected chi connectivity index (χ0v) is 8.34. The molecule has 76 valence electrons. The number of carbonyl (C=O) groups is 1. The van der Waals surface area contributed by atoms with E-state index in [4.69, 9.17) is 27.2 Å². The molecule has 0 spiro atoms. The number of halogens is 1. The monoisotopic (exact) mass is 215 g/mol. The Morgan fingerprint density at radius 1 is 1.64 bits per heavy atom. The largest absolute Gasteiger partial charge is 0.478 e. The second kappa shape index (κ2) is 4.30. The van der Waals surface area contributed by atoms with Crippen molar-refractivity contribution in [1.82, 2.24) is 0 Å². The van der Waals surface area contributed by atoms with Gasteiger partial charge < -0.3 is 15.6 Å². The molecule has 0 saturated carbocycles. The smallest absolute Gasteiger partial charge is 0.336 e. The van der Waals surface area contributed by atoms with E-state index in [9.17, 15) is 4.79 Å². The molecule has 1 aromatic carbocycles. The Morgan fingerprint density at radius 2 is 2.29 bits per heavy atom. The number of aromatic carboxylic acids is 1. The Balaban J connectivity index is 3.24. The Kier molecular flexibility index (Phi) is 3.33. The molecule has 3 N–H and O–H groups in total. The first-order chi connectivity index (χ1) is 6.56. The summed E-state index contributed by atoms with van der Waals surface area (Å²) in [4.78, 5) is 10.8. The Morgan fingerprint density at radius 3 is 2.79 bits per heavy atom. The molecule has 0 saturated heterocycles. The molecule has 14 heavy (non-hydrogen) atoms. The van der Waals surface area contributed by atoms with Crippen molar-refractivity contribution in [3.63, 3.8) is 0 Å². The van der Waals surface area contributed by atoms with Gasteiger partial charge in [-0.2, -0.15) is 0 Å². The highest BCUT2D eigenvalue weighted by Gasteiger charge is 2.12. The molecule has 0 aliphatic rings. The van der Waals surface area contributed by atoms with Gasteiger partial charge in [-0.25, -0.2) is 4.79 Å². The van der Waals surface area contributed by atoms with Gasteiger partial charge >= 0.3 is 5.97 Å². The lowest BCUT2D eigenvalue weighted by Crippen LogP contribution is -2.05. The Labute approximate surface area is 86.2 Å². The number of carboxylic acids is 1. The van der Waals surface area contributed by atoms with Crippen LogP contribution in [0, 0.1) is 0 Å². The van der Waals surface area contributed by atoms with Crippen LogP contribution in [0.15, 0.2) is 12.1 Å². The van der Waals surface area contributed by atoms with Crippen molar-refractivity contribution < 1.29 is 14.6 Å². The first kappa shape index (κ1) is 10.8. The first-order valence-electron chi connectivity index (χ1n) is 3.86. The van der Waals surface area contributed by atoms with E-state index in [0.717, 1.165) is 0 Å². The minimum atomic E-state index is -1.04. The molecule has 0 aromatic heterocycles. The van der Waals surface area contributed by atoms with Crippen LogP contribution in [0.5, 0.6) is 0 Å². The third-order valence-electron chi connectivity index (χ3n) is 1.75. The number of anilines is 1. The van der Waals surface area contributed by atoms with Crippen LogP contribution in [-0.2, 0) is 11.3 Å². The maximum Gasteiger partial charge on any atom is 0.336 e.